The zero-order valence-electron chi connectivity index (χ0n) is 14.4. The van der Waals surface area contributed by atoms with Crippen LogP contribution in [0, 0.1) is 0 Å². The van der Waals surface area contributed by atoms with E-state index in [4.69, 9.17) is 0 Å². The van der Waals surface area contributed by atoms with E-state index in [0.29, 0.717) is 0 Å². The van der Waals surface area contributed by atoms with E-state index in [0.717, 1.165) is 23.1 Å². The van der Waals surface area contributed by atoms with E-state index in [2.05, 4.69) is 33.5 Å². The number of carbonyl (C=O) groups excluding carboxylic acids is 1. The molecule has 0 fully saturated rings. The molecule has 0 aliphatic carbocycles. The van der Waals surface area contributed by atoms with Gasteiger partial charge in [-0.3, -0.25) is 0 Å². The van der Waals surface area contributed by atoms with Gasteiger partial charge < -0.3 is 10.6 Å². The molecule has 1 aromatic rings. The van der Waals surface area contributed by atoms with Crippen molar-refractivity contribution in [1.82, 2.24) is 5.32 Å². The SMILES string of the molecule is CCCCCCCCCCCCNC(=O)Nc1ccc(Br)cc1. The first-order valence-electron chi connectivity index (χ1n) is 9.03. The molecule has 0 bridgehead atoms. The average molecular weight is 383 g/mol. The van der Waals surface area contributed by atoms with Crippen molar-refractivity contribution >= 4 is 27.6 Å². The number of unbranched alkanes of at least 4 members (excludes halogenated alkanes) is 9. The maximum absolute atomic E-state index is 11.7. The number of benzene rings is 1. The zero-order chi connectivity index (χ0) is 16.8. The summed E-state index contributed by atoms with van der Waals surface area (Å²) in [5.41, 5.74) is 0.814. The van der Waals surface area contributed by atoms with Gasteiger partial charge in [0.15, 0.2) is 0 Å². The Kier molecular flexibility index (Phi) is 11.7. The third kappa shape index (κ3) is 11.2. The highest BCUT2D eigenvalue weighted by Crippen LogP contribution is 2.14. The number of rotatable bonds is 12. The van der Waals surface area contributed by atoms with Gasteiger partial charge in [-0.05, 0) is 30.7 Å². The number of nitrogens with one attached hydrogen (secondary N) is 2. The van der Waals surface area contributed by atoms with Crippen LogP contribution in [0.3, 0.4) is 0 Å². The van der Waals surface area contributed by atoms with E-state index >= 15 is 0 Å². The Morgan fingerprint density at radius 3 is 1.96 bits per heavy atom. The number of anilines is 1. The first-order valence-corrected chi connectivity index (χ1v) is 9.82. The Morgan fingerprint density at radius 2 is 1.39 bits per heavy atom. The molecule has 2 amide bonds. The maximum atomic E-state index is 11.7. The quantitative estimate of drug-likeness (QED) is 0.398. The number of hydrogen-bond donors (Lipinski definition) is 2. The summed E-state index contributed by atoms with van der Waals surface area (Å²) in [5.74, 6) is 0. The Labute approximate surface area is 149 Å². The van der Waals surface area contributed by atoms with Gasteiger partial charge in [-0.25, -0.2) is 4.79 Å². The first kappa shape index (κ1) is 20.0. The summed E-state index contributed by atoms with van der Waals surface area (Å²) in [6.07, 6.45) is 13.1. The van der Waals surface area contributed by atoms with Gasteiger partial charge in [-0.15, -0.1) is 0 Å². The van der Waals surface area contributed by atoms with Crippen LogP contribution in [0.5, 0.6) is 0 Å². The second-order valence-corrected chi connectivity index (χ2v) is 6.99. The Balaban J connectivity index is 1.90. The number of carbonyl (C=O) groups is 1. The van der Waals surface area contributed by atoms with Crippen LogP contribution < -0.4 is 10.6 Å². The highest BCUT2D eigenvalue weighted by molar-refractivity contribution is 9.10. The lowest BCUT2D eigenvalue weighted by molar-refractivity contribution is 0.252. The molecule has 0 aromatic heterocycles. The Bertz CT molecular complexity index is 420. The average Bonchev–Trinajstić information content (AvgIpc) is 2.55. The van der Waals surface area contributed by atoms with Crippen LogP contribution in [0.4, 0.5) is 10.5 Å². The number of halogens is 1. The van der Waals surface area contributed by atoms with Crippen LogP contribution in [0.15, 0.2) is 28.7 Å². The van der Waals surface area contributed by atoms with Gasteiger partial charge in [-0.1, -0.05) is 80.6 Å². The molecule has 0 aliphatic rings. The van der Waals surface area contributed by atoms with Crippen LogP contribution in [-0.2, 0) is 0 Å². The highest BCUT2D eigenvalue weighted by atomic mass is 79.9. The van der Waals surface area contributed by atoms with Gasteiger partial charge in [-0.2, -0.15) is 0 Å². The molecule has 0 saturated carbocycles. The fourth-order valence-electron chi connectivity index (χ4n) is 2.52. The molecular weight excluding hydrogens is 352 g/mol. The van der Waals surface area contributed by atoms with Gasteiger partial charge in [0.2, 0.25) is 0 Å². The predicted octanol–water partition coefficient (Wildman–Crippen LogP) is 6.49. The normalized spacial score (nSPS) is 10.5. The van der Waals surface area contributed by atoms with Gasteiger partial charge in [0.25, 0.3) is 0 Å². The largest absolute Gasteiger partial charge is 0.338 e. The molecule has 3 nitrogen and oxygen atoms in total. The third-order valence-electron chi connectivity index (χ3n) is 3.92. The number of amides is 2. The van der Waals surface area contributed by atoms with Crippen molar-refractivity contribution in [3.8, 4) is 0 Å². The molecule has 0 spiro atoms. The molecule has 1 aromatic carbocycles. The molecule has 1 rings (SSSR count). The molecule has 0 atom stereocenters. The van der Waals surface area contributed by atoms with Gasteiger partial charge in [0, 0.05) is 16.7 Å². The van der Waals surface area contributed by atoms with Gasteiger partial charge >= 0.3 is 6.03 Å². The summed E-state index contributed by atoms with van der Waals surface area (Å²) in [6, 6.07) is 7.47. The smallest absolute Gasteiger partial charge is 0.319 e. The lowest BCUT2D eigenvalue weighted by Crippen LogP contribution is -2.29. The lowest BCUT2D eigenvalue weighted by atomic mass is 10.1. The van der Waals surface area contributed by atoms with Crippen molar-refractivity contribution in [3.63, 3.8) is 0 Å². The fourth-order valence-corrected chi connectivity index (χ4v) is 2.79. The summed E-state index contributed by atoms with van der Waals surface area (Å²) in [5, 5.41) is 5.74. The Hall–Kier alpha value is -1.03. The molecule has 0 radical (unpaired) electrons. The monoisotopic (exact) mass is 382 g/mol. The molecule has 0 unspecified atom stereocenters. The third-order valence-corrected chi connectivity index (χ3v) is 4.45. The minimum Gasteiger partial charge on any atom is -0.338 e. The molecule has 4 heteroatoms. The zero-order valence-corrected chi connectivity index (χ0v) is 16.0. The van der Waals surface area contributed by atoms with Crippen LogP contribution in [0.1, 0.15) is 71.1 Å². The lowest BCUT2D eigenvalue weighted by Gasteiger charge is -2.07. The second-order valence-electron chi connectivity index (χ2n) is 6.07. The minimum atomic E-state index is -0.122. The predicted molar refractivity (Wildman–Crippen MR) is 103 cm³/mol. The van der Waals surface area contributed by atoms with Crippen molar-refractivity contribution in [2.45, 2.75) is 71.1 Å². The van der Waals surface area contributed by atoms with E-state index in [1.165, 1.54) is 57.8 Å². The van der Waals surface area contributed by atoms with Gasteiger partial charge in [0.05, 0.1) is 0 Å². The summed E-state index contributed by atoms with van der Waals surface area (Å²) in [6.45, 7) is 3.01. The van der Waals surface area contributed by atoms with Crippen molar-refractivity contribution in [3.05, 3.63) is 28.7 Å². The molecule has 2 N–H and O–H groups in total. The molecule has 0 aliphatic heterocycles. The molecule has 23 heavy (non-hydrogen) atoms. The van der Waals surface area contributed by atoms with Gasteiger partial charge in [0.1, 0.15) is 0 Å². The van der Waals surface area contributed by atoms with Crippen molar-refractivity contribution in [2.24, 2.45) is 0 Å². The molecule has 130 valence electrons. The number of urea groups is 1. The second kappa shape index (κ2) is 13.4. The van der Waals surface area contributed by atoms with E-state index in [9.17, 15) is 4.79 Å². The summed E-state index contributed by atoms with van der Waals surface area (Å²) >= 11 is 3.38. The fraction of sp³-hybridized carbons (Fsp3) is 0.632. The van der Waals surface area contributed by atoms with E-state index < -0.39 is 0 Å². The number of hydrogen-bond acceptors (Lipinski definition) is 1. The topological polar surface area (TPSA) is 41.1 Å². The van der Waals surface area contributed by atoms with Crippen molar-refractivity contribution in [2.75, 3.05) is 11.9 Å². The van der Waals surface area contributed by atoms with Crippen LogP contribution in [0.2, 0.25) is 0 Å². The molecule has 0 heterocycles. The molecule has 0 saturated heterocycles. The highest BCUT2D eigenvalue weighted by Gasteiger charge is 2.00. The summed E-state index contributed by atoms with van der Waals surface area (Å²) < 4.78 is 1.01. The standard InChI is InChI=1S/C19H31BrN2O/c1-2-3-4-5-6-7-8-9-10-11-16-21-19(23)22-18-14-12-17(20)13-15-18/h12-15H,2-11,16H2,1H3,(H2,21,22,23). The first-order chi connectivity index (χ1) is 11.2. The van der Waals surface area contributed by atoms with E-state index in [1.807, 2.05) is 24.3 Å². The van der Waals surface area contributed by atoms with Crippen LogP contribution in [0.25, 0.3) is 0 Å². The summed E-state index contributed by atoms with van der Waals surface area (Å²) in [7, 11) is 0. The Morgan fingerprint density at radius 1 is 0.870 bits per heavy atom. The van der Waals surface area contributed by atoms with E-state index in [-0.39, 0.29) is 6.03 Å². The minimum absolute atomic E-state index is 0.122. The summed E-state index contributed by atoms with van der Waals surface area (Å²) in [4.78, 5) is 11.7. The van der Waals surface area contributed by atoms with Crippen LogP contribution in [-0.4, -0.2) is 12.6 Å². The van der Waals surface area contributed by atoms with E-state index in [1.54, 1.807) is 0 Å². The van der Waals surface area contributed by atoms with Crippen molar-refractivity contribution < 1.29 is 4.79 Å². The maximum Gasteiger partial charge on any atom is 0.319 e. The van der Waals surface area contributed by atoms with Crippen LogP contribution >= 0.6 is 15.9 Å². The molecular formula is C19H31BrN2O. The van der Waals surface area contributed by atoms with Crippen molar-refractivity contribution in [1.29, 1.82) is 0 Å².